The number of carbonyl (C=O) groups excluding carboxylic acids is 1. The molecule has 31 heavy (non-hydrogen) atoms. The first-order valence-electron chi connectivity index (χ1n) is 9.92. The third-order valence-corrected chi connectivity index (χ3v) is 6.00. The number of ether oxygens (including phenoxy) is 2. The second-order valence-electron chi connectivity index (χ2n) is 8.45. The Hall–Kier alpha value is -3.00. The first-order valence-corrected chi connectivity index (χ1v) is 11.8. The lowest BCUT2D eigenvalue weighted by atomic mass is 9.86. The quantitative estimate of drug-likeness (QED) is 0.687. The molecule has 1 atom stereocenters. The SMILES string of the molecule is C=CCOc1cccc(NC(=O)[C@@H]2CN(S(C)(=O)=O)c3cc(C(C)(C)C)ccc3O2)c1. The summed E-state index contributed by atoms with van der Waals surface area (Å²) in [5.41, 5.74) is 1.78. The minimum absolute atomic E-state index is 0.113. The van der Waals surface area contributed by atoms with Crippen LogP contribution in [0.4, 0.5) is 11.4 Å². The number of nitrogens with one attached hydrogen (secondary N) is 1. The number of fused-ring (bicyclic) bond motifs is 1. The number of carbonyl (C=O) groups is 1. The molecule has 0 bridgehead atoms. The number of nitrogens with zero attached hydrogens (tertiary/aromatic N) is 1. The summed E-state index contributed by atoms with van der Waals surface area (Å²) in [7, 11) is -3.61. The fraction of sp³-hybridized carbons (Fsp3) is 0.348. The maximum atomic E-state index is 12.9. The summed E-state index contributed by atoms with van der Waals surface area (Å²) in [6, 6.07) is 12.3. The van der Waals surface area contributed by atoms with Crippen molar-refractivity contribution >= 4 is 27.3 Å². The van der Waals surface area contributed by atoms with Gasteiger partial charge in [-0.15, -0.1) is 0 Å². The van der Waals surface area contributed by atoms with Crippen molar-refractivity contribution in [3.8, 4) is 11.5 Å². The van der Waals surface area contributed by atoms with E-state index >= 15 is 0 Å². The van der Waals surface area contributed by atoms with Crippen LogP contribution in [-0.2, 0) is 20.2 Å². The Kier molecular flexibility index (Phi) is 6.31. The molecule has 8 heteroatoms. The molecule has 0 aliphatic carbocycles. The van der Waals surface area contributed by atoms with Gasteiger partial charge in [-0.3, -0.25) is 9.10 Å². The van der Waals surface area contributed by atoms with Crippen LogP contribution in [0.15, 0.2) is 55.1 Å². The van der Waals surface area contributed by atoms with Crippen LogP contribution in [0.3, 0.4) is 0 Å². The smallest absolute Gasteiger partial charge is 0.267 e. The second-order valence-corrected chi connectivity index (χ2v) is 10.4. The molecule has 1 heterocycles. The lowest BCUT2D eigenvalue weighted by Crippen LogP contribution is -2.48. The van der Waals surface area contributed by atoms with Gasteiger partial charge in [-0.25, -0.2) is 8.42 Å². The van der Waals surface area contributed by atoms with Gasteiger partial charge >= 0.3 is 0 Å². The van der Waals surface area contributed by atoms with Gasteiger partial charge in [0.25, 0.3) is 5.91 Å². The maximum Gasteiger partial charge on any atom is 0.267 e. The van der Waals surface area contributed by atoms with Crippen molar-refractivity contribution in [3.05, 3.63) is 60.7 Å². The second kappa shape index (κ2) is 8.63. The standard InChI is InChI=1S/C23H28N2O5S/c1-6-12-29-18-9-7-8-17(14-18)24-22(26)21-15-25(31(5,27)28)19-13-16(23(2,3)4)10-11-20(19)30-21/h6-11,13-14,21H,1,12,15H2,2-5H3,(H,24,26)/t21-/m0/s1. The highest BCUT2D eigenvalue weighted by atomic mass is 32.2. The molecule has 0 spiro atoms. The van der Waals surface area contributed by atoms with Gasteiger partial charge in [-0.2, -0.15) is 0 Å². The lowest BCUT2D eigenvalue weighted by Gasteiger charge is -2.35. The van der Waals surface area contributed by atoms with Crippen LogP contribution in [0, 0.1) is 0 Å². The molecule has 0 saturated carbocycles. The van der Waals surface area contributed by atoms with E-state index in [0.717, 1.165) is 11.8 Å². The Morgan fingerprint density at radius 1 is 1.29 bits per heavy atom. The molecule has 0 unspecified atom stereocenters. The Bertz CT molecular complexity index is 1090. The Morgan fingerprint density at radius 2 is 2.03 bits per heavy atom. The van der Waals surface area contributed by atoms with Crippen LogP contribution in [-0.4, -0.2) is 39.8 Å². The molecule has 0 fully saturated rings. The van der Waals surface area contributed by atoms with Crippen LogP contribution < -0.4 is 19.1 Å². The average molecular weight is 445 g/mol. The average Bonchev–Trinajstić information content (AvgIpc) is 2.69. The molecule has 1 aliphatic rings. The van der Waals surface area contributed by atoms with E-state index in [1.54, 1.807) is 36.4 Å². The molecule has 2 aromatic carbocycles. The lowest BCUT2D eigenvalue weighted by molar-refractivity contribution is -0.122. The molecule has 1 N–H and O–H groups in total. The van der Waals surface area contributed by atoms with E-state index in [2.05, 4.69) is 11.9 Å². The minimum Gasteiger partial charge on any atom is -0.489 e. The highest BCUT2D eigenvalue weighted by Crippen LogP contribution is 2.38. The van der Waals surface area contributed by atoms with Crippen LogP contribution in [0.5, 0.6) is 11.5 Å². The Labute approximate surface area is 183 Å². The molecule has 2 aromatic rings. The van der Waals surface area contributed by atoms with E-state index < -0.39 is 22.0 Å². The third-order valence-electron chi connectivity index (χ3n) is 4.86. The van der Waals surface area contributed by atoms with Gasteiger partial charge in [-0.05, 0) is 35.2 Å². The van der Waals surface area contributed by atoms with Crippen molar-refractivity contribution in [3.63, 3.8) is 0 Å². The topological polar surface area (TPSA) is 84.9 Å². The summed E-state index contributed by atoms with van der Waals surface area (Å²) in [5, 5.41) is 2.78. The van der Waals surface area contributed by atoms with Crippen LogP contribution >= 0.6 is 0 Å². The van der Waals surface area contributed by atoms with E-state index in [9.17, 15) is 13.2 Å². The largest absolute Gasteiger partial charge is 0.489 e. The van der Waals surface area contributed by atoms with Crippen molar-refractivity contribution < 1.29 is 22.7 Å². The highest BCUT2D eigenvalue weighted by Gasteiger charge is 2.36. The van der Waals surface area contributed by atoms with E-state index in [1.807, 2.05) is 32.9 Å². The van der Waals surface area contributed by atoms with E-state index in [-0.39, 0.29) is 12.0 Å². The summed E-state index contributed by atoms with van der Waals surface area (Å²) in [4.78, 5) is 12.9. The zero-order chi connectivity index (χ0) is 22.8. The van der Waals surface area contributed by atoms with Crippen molar-refractivity contribution in [2.45, 2.75) is 32.3 Å². The van der Waals surface area contributed by atoms with Crippen molar-refractivity contribution in [2.24, 2.45) is 0 Å². The summed E-state index contributed by atoms with van der Waals surface area (Å²) in [5.74, 6) is 0.494. The number of hydrogen-bond donors (Lipinski definition) is 1. The van der Waals surface area contributed by atoms with Gasteiger partial charge in [-0.1, -0.05) is 45.6 Å². The number of benzene rings is 2. The Balaban J connectivity index is 1.86. The first-order chi connectivity index (χ1) is 14.5. The van der Waals surface area contributed by atoms with Crippen molar-refractivity contribution in [1.82, 2.24) is 0 Å². The molecular weight excluding hydrogens is 416 g/mol. The molecule has 1 amide bonds. The van der Waals surface area contributed by atoms with Crippen molar-refractivity contribution in [2.75, 3.05) is 29.0 Å². The van der Waals surface area contributed by atoms with Gasteiger partial charge in [0, 0.05) is 11.8 Å². The van der Waals surface area contributed by atoms with Gasteiger partial charge in [0.05, 0.1) is 18.5 Å². The predicted molar refractivity (Wildman–Crippen MR) is 123 cm³/mol. The number of amides is 1. The molecular formula is C23H28N2O5S. The first kappa shape index (κ1) is 22.7. The summed E-state index contributed by atoms with van der Waals surface area (Å²) in [6.07, 6.45) is 1.76. The van der Waals surface area contributed by atoms with Crippen LogP contribution in [0.25, 0.3) is 0 Å². The van der Waals surface area contributed by atoms with Gasteiger partial charge in [0.15, 0.2) is 6.10 Å². The van der Waals surface area contributed by atoms with Crippen LogP contribution in [0.2, 0.25) is 0 Å². The number of rotatable bonds is 6. The molecule has 0 saturated heterocycles. The highest BCUT2D eigenvalue weighted by molar-refractivity contribution is 7.92. The maximum absolute atomic E-state index is 12.9. The normalized spacial score (nSPS) is 16.1. The summed E-state index contributed by atoms with van der Waals surface area (Å²) >= 11 is 0. The molecule has 1 aliphatic heterocycles. The minimum atomic E-state index is -3.61. The van der Waals surface area contributed by atoms with Gasteiger partial charge < -0.3 is 14.8 Å². The third kappa shape index (κ3) is 5.38. The van der Waals surface area contributed by atoms with E-state index in [1.165, 1.54) is 4.31 Å². The molecule has 166 valence electrons. The van der Waals surface area contributed by atoms with Gasteiger partial charge in [0.1, 0.15) is 18.1 Å². The summed E-state index contributed by atoms with van der Waals surface area (Å²) < 4.78 is 37.6. The monoisotopic (exact) mass is 444 g/mol. The van der Waals surface area contributed by atoms with Crippen LogP contribution in [0.1, 0.15) is 26.3 Å². The Morgan fingerprint density at radius 3 is 2.68 bits per heavy atom. The number of anilines is 2. The molecule has 7 nitrogen and oxygen atoms in total. The zero-order valence-electron chi connectivity index (χ0n) is 18.2. The van der Waals surface area contributed by atoms with E-state index in [0.29, 0.717) is 29.5 Å². The number of sulfonamides is 1. The fourth-order valence-electron chi connectivity index (χ4n) is 3.21. The zero-order valence-corrected chi connectivity index (χ0v) is 19.0. The molecule has 3 rings (SSSR count). The molecule has 0 radical (unpaired) electrons. The molecule has 0 aromatic heterocycles. The van der Waals surface area contributed by atoms with Crippen molar-refractivity contribution in [1.29, 1.82) is 0 Å². The fourth-order valence-corrected chi connectivity index (χ4v) is 4.12. The predicted octanol–water partition coefficient (Wildman–Crippen LogP) is 3.71. The summed E-state index contributed by atoms with van der Waals surface area (Å²) in [6.45, 7) is 9.98. The van der Waals surface area contributed by atoms with E-state index in [4.69, 9.17) is 9.47 Å². The van der Waals surface area contributed by atoms with Gasteiger partial charge in [0.2, 0.25) is 10.0 Å². The number of hydrogen-bond acceptors (Lipinski definition) is 5.